The van der Waals surface area contributed by atoms with E-state index in [1.54, 1.807) is 17.4 Å². The van der Waals surface area contributed by atoms with E-state index in [0.29, 0.717) is 30.7 Å². The summed E-state index contributed by atoms with van der Waals surface area (Å²) in [5.74, 6) is -0.336. The highest BCUT2D eigenvalue weighted by Gasteiger charge is 2.24. The van der Waals surface area contributed by atoms with Crippen LogP contribution in [-0.4, -0.2) is 43.7 Å². The van der Waals surface area contributed by atoms with E-state index < -0.39 is 0 Å². The van der Waals surface area contributed by atoms with Crippen LogP contribution in [0.1, 0.15) is 34.0 Å². The molecule has 0 aliphatic carbocycles. The molecule has 1 aliphatic heterocycles. The monoisotopic (exact) mass is 448 g/mol. The zero-order valence-corrected chi connectivity index (χ0v) is 18.4. The Labute approximate surface area is 185 Å². The SMILES string of the molecule is CCc1ccc2oc(C(=O)NCC(c3cccs3)N3CCOCC3)cc(=O)c2c1.Cl. The number of benzene rings is 1. The van der Waals surface area contributed by atoms with Gasteiger partial charge in [-0.15, -0.1) is 23.7 Å². The van der Waals surface area contributed by atoms with E-state index in [4.69, 9.17) is 9.15 Å². The molecule has 3 aromatic rings. The quantitative estimate of drug-likeness (QED) is 0.623. The number of hydrogen-bond donors (Lipinski definition) is 1. The van der Waals surface area contributed by atoms with E-state index in [-0.39, 0.29) is 35.5 Å². The van der Waals surface area contributed by atoms with Crippen molar-refractivity contribution in [3.63, 3.8) is 0 Å². The zero-order valence-electron chi connectivity index (χ0n) is 16.8. The van der Waals surface area contributed by atoms with Gasteiger partial charge in [-0.05, 0) is 35.6 Å². The molecule has 1 atom stereocenters. The van der Waals surface area contributed by atoms with Crippen LogP contribution in [0.3, 0.4) is 0 Å². The molecule has 8 heteroatoms. The molecule has 160 valence electrons. The van der Waals surface area contributed by atoms with Crippen molar-refractivity contribution in [3.05, 3.63) is 68.2 Å². The number of amides is 1. The summed E-state index contributed by atoms with van der Waals surface area (Å²) in [5, 5.41) is 5.50. The summed E-state index contributed by atoms with van der Waals surface area (Å²) in [6, 6.07) is 11.0. The second-order valence-corrected chi connectivity index (χ2v) is 8.03. The molecule has 1 aliphatic rings. The normalized spacial score (nSPS) is 15.5. The van der Waals surface area contributed by atoms with Crippen LogP contribution >= 0.6 is 23.7 Å². The topological polar surface area (TPSA) is 71.8 Å². The molecule has 1 amide bonds. The highest BCUT2D eigenvalue weighted by molar-refractivity contribution is 7.10. The van der Waals surface area contributed by atoms with Crippen molar-refractivity contribution in [2.24, 2.45) is 0 Å². The lowest BCUT2D eigenvalue weighted by molar-refractivity contribution is 0.0168. The van der Waals surface area contributed by atoms with Gasteiger partial charge in [0.1, 0.15) is 5.58 Å². The molecule has 1 unspecified atom stereocenters. The standard InChI is InChI=1S/C22H24N2O4S.ClH/c1-2-15-5-6-19-16(12-15)18(25)13-20(28-19)22(26)23-14-17(21-4-3-11-29-21)24-7-9-27-10-8-24;/h3-6,11-13,17H,2,7-10,14H2,1H3,(H,23,26);1H. The summed E-state index contributed by atoms with van der Waals surface area (Å²) < 4.78 is 11.2. The lowest BCUT2D eigenvalue weighted by Crippen LogP contribution is -2.43. The molecule has 1 fully saturated rings. The highest BCUT2D eigenvalue weighted by atomic mass is 35.5. The third-order valence-corrected chi connectivity index (χ3v) is 6.21. The molecule has 3 heterocycles. The number of hydrogen-bond acceptors (Lipinski definition) is 6. The van der Waals surface area contributed by atoms with Crippen LogP contribution in [0.4, 0.5) is 0 Å². The van der Waals surface area contributed by atoms with Gasteiger partial charge in [-0.3, -0.25) is 14.5 Å². The Morgan fingerprint density at radius 3 is 2.73 bits per heavy atom. The predicted octanol–water partition coefficient (Wildman–Crippen LogP) is 3.64. The Hall–Kier alpha value is -2.19. The Morgan fingerprint density at radius 1 is 1.23 bits per heavy atom. The lowest BCUT2D eigenvalue weighted by atomic mass is 10.1. The molecule has 2 aromatic heterocycles. The van der Waals surface area contributed by atoms with Gasteiger partial charge in [-0.1, -0.05) is 19.1 Å². The Kier molecular flexibility index (Phi) is 7.66. The fraction of sp³-hybridized carbons (Fsp3) is 0.364. The van der Waals surface area contributed by atoms with Crippen LogP contribution in [0, 0.1) is 0 Å². The number of morpholine rings is 1. The Morgan fingerprint density at radius 2 is 2.03 bits per heavy atom. The van der Waals surface area contributed by atoms with E-state index in [2.05, 4.69) is 16.3 Å². The van der Waals surface area contributed by atoms with Gasteiger partial charge in [0.25, 0.3) is 5.91 Å². The van der Waals surface area contributed by atoms with E-state index >= 15 is 0 Å². The molecular weight excluding hydrogens is 424 g/mol. The van der Waals surface area contributed by atoms with E-state index in [1.165, 1.54) is 10.9 Å². The van der Waals surface area contributed by atoms with Gasteiger partial charge in [-0.2, -0.15) is 0 Å². The molecule has 0 bridgehead atoms. The number of nitrogens with zero attached hydrogens (tertiary/aromatic N) is 1. The number of thiophene rings is 1. The number of carbonyl (C=O) groups excluding carboxylic acids is 1. The van der Waals surface area contributed by atoms with Crippen molar-refractivity contribution in [2.75, 3.05) is 32.8 Å². The number of nitrogens with one attached hydrogen (secondary N) is 1. The number of rotatable bonds is 6. The van der Waals surface area contributed by atoms with Gasteiger partial charge < -0.3 is 14.5 Å². The Bertz CT molecular complexity index is 1040. The van der Waals surface area contributed by atoms with Crippen LogP contribution in [-0.2, 0) is 11.2 Å². The summed E-state index contributed by atoms with van der Waals surface area (Å²) in [7, 11) is 0. The summed E-state index contributed by atoms with van der Waals surface area (Å²) in [6.07, 6.45) is 0.837. The average molecular weight is 449 g/mol. The minimum Gasteiger partial charge on any atom is -0.451 e. The molecule has 6 nitrogen and oxygen atoms in total. The van der Waals surface area contributed by atoms with Crippen LogP contribution < -0.4 is 10.7 Å². The largest absolute Gasteiger partial charge is 0.451 e. The second-order valence-electron chi connectivity index (χ2n) is 7.05. The number of carbonyl (C=O) groups is 1. The van der Waals surface area contributed by atoms with Gasteiger partial charge in [-0.25, -0.2) is 0 Å². The summed E-state index contributed by atoms with van der Waals surface area (Å²) in [4.78, 5) is 28.7. The molecule has 4 rings (SSSR count). The predicted molar refractivity (Wildman–Crippen MR) is 121 cm³/mol. The second kappa shape index (κ2) is 10.2. The molecule has 1 saturated heterocycles. The molecule has 0 saturated carbocycles. The van der Waals surface area contributed by atoms with Crippen molar-refractivity contribution in [2.45, 2.75) is 19.4 Å². The molecular formula is C22H25ClN2O4S. The minimum atomic E-state index is -0.376. The minimum absolute atomic E-state index is 0. The first-order valence-corrected chi connectivity index (χ1v) is 10.7. The first kappa shape index (κ1) is 22.5. The van der Waals surface area contributed by atoms with Gasteiger partial charge in [0.05, 0.1) is 24.6 Å². The third-order valence-electron chi connectivity index (χ3n) is 5.24. The number of halogens is 1. The fourth-order valence-electron chi connectivity index (χ4n) is 3.59. The van der Waals surface area contributed by atoms with E-state index in [9.17, 15) is 9.59 Å². The molecule has 30 heavy (non-hydrogen) atoms. The van der Waals surface area contributed by atoms with Crippen LogP contribution in [0.15, 0.2) is 51.0 Å². The molecule has 1 aromatic carbocycles. The van der Waals surface area contributed by atoms with Crippen LogP contribution in [0.25, 0.3) is 11.0 Å². The zero-order chi connectivity index (χ0) is 20.2. The van der Waals surface area contributed by atoms with E-state index in [0.717, 1.165) is 25.1 Å². The van der Waals surface area contributed by atoms with Crippen LogP contribution in [0.2, 0.25) is 0 Å². The van der Waals surface area contributed by atoms with Crippen molar-refractivity contribution < 1.29 is 13.9 Å². The van der Waals surface area contributed by atoms with Crippen molar-refractivity contribution in [3.8, 4) is 0 Å². The molecule has 0 radical (unpaired) electrons. The highest BCUT2D eigenvalue weighted by Crippen LogP contribution is 2.25. The lowest BCUT2D eigenvalue weighted by Gasteiger charge is -2.34. The Balaban J connectivity index is 0.00000256. The first-order valence-electron chi connectivity index (χ1n) is 9.86. The van der Waals surface area contributed by atoms with Crippen molar-refractivity contribution in [1.82, 2.24) is 10.2 Å². The summed E-state index contributed by atoms with van der Waals surface area (Å²) in [6.45, 7) is 5.50. The smallest absolute Gasteiger partial charge is 0.287 e. The fourth-order valence-corrected chi connectivity index (χ4v) is 4.45. The van der Waals surface area contributed by atoms with Gasteiger partial charge in [0, 0.05) is 30.6 Å². The molecule has 0 spiro atoms. The number of aryl methyl sites for hydroxylation is 1. The molecule has 1 N–H and O–H groups in total. The van der Waals surface area contributed by atoms with Crippen molar-refractivity contribution in [1.29, 1.82) is 0 Å². The van der Waals surface area contributed by atoms with E-state index in [1.807, 2.05) is 30.5 Å². The van der Waals surface area contributed by atoms with Gasteiger partial charge in [0.15, 0.2) is 11.2 Å². The van der Waals surface area contributed by atoms with Gasteiger partial charge >= 0.3 is 0 Å². The van der Waals surface area contributed by atoms with Crippen molar-refractivity contribution >= 4 is 40.6 Å². The average Bonchev–Trinajstić information content (AvgIpc) is 3.29. The third kappa shape index (κ3) is 4.92. The first-order chi connectivity index (χ1) is 14.2. The van der Waals surface area contributed by atoms with Gasteiger partial charge in [0.2, 0.25) is 0 Å². The van der Waals surface area contributed by atoms with Crippen LogP contribution in [0.5, 0.6) is 0 Å². The number of fused-ring (bicyclic) bond motifs is 1. The maximum absolute atomic E-state index is 12.7. The summed E-state index contributed by atoms with van der Waals surface area (Å²) in [5.41, 5.74) is 1.30. The number of ether oxygens (including phenoxy) is 1. The maximum Gasteiger partial charge on any atom is 0.287 e. The summed E-state index contributed by atoms with van der Waals surface area (Å²) >= 11 is 1.67. The maximum atomic E-state index is 12.7.